The zero-order valence-corrected chi connectivity index (χ0v) is 12.5. The van der Waals surface area contributed by atoms with Gasteiger partial charge < -0.3 is 10.2 Å². The van der Waals surface area contributed by atoms with Crippen molar-refractivity contribution >= 4 is 17.7 Å². The summed E-state index contributed by atoms with van der Waals surface area (Å²) in [5, 5.41) is 2.81. The summed E-state index contributed by atoms with van der Waals surface area (Å²) in [6, 6.07) is 4.60. The van der Waals surface area contributed by atoms with Gasteiger partial charge in [0.25, 0.3) is 17.7 Å². The first kappa shape index (κ1) is 15.2. The van der Waals surface area contributed by atoms with Crippen molar-refractivity contribution < 1.29 is 14.4 Å². The number of rotatable bonds is 5. The number of hydrogen-bond donors (Lipinski definition) is 1. The molecule has 0 saturated heterocycles. The minimum absolute atomic E-state index is 0.230. The lowest BCUT2D eigenvalue weighted by Crippen LogP contribution is -2.27. The smallest absolute Gasteiger partial charge is 0.261 e. The van der Waals surface area contributed by atoms with Crippen LogP contribution >= 0.6 is 0 Å². The van der Waals surface area contributed by atoms with Crippen LogP contribution < -0.4 is 5.32 Å². The van der Waals surface area contributed by atoms with Crippen molar-refractivity contribution in [2.24, 2.45) is 0 Å². The van der Waals surface area contributed by atoms with Crippen LogP contribution in [0.15, 0.2) is 18.2 Å². The van der Waals surface area contributed by atoms with Crippen LogP contribution in [0.3, 0.4) is 0 Å². The van der Waals surface area contributed by atoms with E-state index in [1.807, 2.05) is 19.0 Å². The van der Waals surface area contributed by atoms with Crippen molar-refractivity contribution in [1.82, 2.24) is 15.1 Å². The third-order valence-electron chi connectivity index (χ3n) is 3.42. The van der Waals surface area contributed by atoms with Gasteiger partial charge in [-0.15, -0.1) is 0 Å². The maximum Gasteiger partial charge on any atom is 0.261 e. The number of carbonyl (C=O) groups excluding carboxylic acids is 3. The van der Waals surface area contributed by atoms with E-state index in [4.69, 9.17) is 0 Å². The highest BCUT2D eigenvalue weighted by atomic mass is 16.2. The molecule has 1 aromatic rings. The monoisotopic (exact) mass is 289 g/mol. The summed E-state index contributed by atoms with van der Waals surface area (Å²) in [4.78, 5) is 38.8. The van der Waals surface area contributed by atoms with Gasteiger partial charge in [-0.2, -0.15) is 0 Å². The number of amides is 3. The zero-order chi connectivity index (χ0) is 15.6. The summed E-state index contributed by atoms with van der Waals surface area (Å²) in [5.74, 6) is -0.920. The minimum atomic E-state index is -0.364. The maximum absolute atomic E-state index is 12.0. The van der Waals surface area contributed by atoms with E-state index >= 15 is 0 Å². The highest BCUT2D eigenvalue weighted by Gasteiger charge is 2.33. The van der Waals surface area contributed by atoms with E-state index in [2.05, 4.69) is 5.32 Å². The summed E-state index contributed by atoms with van der Waals surface area (Å²) in [7, 11) is 5.38. The molecule has 0 saturated carbocycles. The van der Waals surface area contributed by atoms with Gasteiger partial charge in [-0.1, -0.05) is 0 Å². The molecule has 1 N–H and O–H groups in total. The molecule has 0 spiro atoms. The van der Waals surface area contributed by atoms with Crippen molar-refractivity contribution in [3.05, 3.63) is 34.9 Å². The molecule has 0 aromatic heterocycles. The van der Waals surface area contributed by atoms with E-state index in [0.29, 0.717) is 23.2 Å². The first-order chi connectivity index (χ1) is 9.91. The molecule has 0 radical (unpaired) electrons. The van der Waals surface area contributed by atoms with Crippen molar-refractivity contribution in [1.29, 1.82) is 0 Å². The van der Waals surface area contributed by atoms with Crippen molar-refractivity contribution in [2.45, 2.75) is 6.42 Å². The Morgan fingerprint density at radius 2 is 1.86 bits per heavy atom. The highest BCUT2D eigenvalue weighted by Crippen LogP contribution is 2.22. The molecule has 0 atom stereocenters. The molecule has 0 bridgehead atoms. The average Bonchev–Trinajstić information content (AvgIpc) is 2.68. The van der Waals surface area contributed by atoms with Crippen LogP contribution in [0.1, 0.15) is 37.5 Å². The predicted octanol–water partition coefficient (Wildman–Crippen LogP) is 0.594. The molecule has 0 fully saturated rings. The predicted molar refractivity (Wildman–Crippen MR) is 78.4 cm³/mol. The van der Waals surface area contributed by atoms with Crippen molar-refractivity contribution in [2.75, 3.05) is 34.2 Å². The highest BCUT2D eigenvalue weighted by molar-refractivity contribution is 6.21. The van der Waals surface area contributed by atoms with Gasteiger partial charge in [-0.25, -0.2) is 0 Å². The van der Waals surface area contributed by atoms with Gasteiger partial charge in [0, 0.05) is 19.2 Å². The Morgan fingerprint density at radius 1 is 1.19 bits per heavy atom. The molecule has 1 aliphatic heterocycles. The van der Waals surface area contributed by atoms with Gasteiger partial charge in [0.2, 0.25) is 0 Å². The fraction of sp³-hybridized carbons (Fsp3) is 0.400. The van der Waals surface area contributed by atoms with Crippen molar-refractivity contribution in [3.63, 3.8) is 0 Å². The SMILES string of the molecule is CN(C)CCCNC(=O)c1ccc2c(c1)C(=O)N(C)C2=O. The van der Waals surface area contributed by atoms with Crippen LogP contribution in [0.25, 0.3) is 0 Å². The van der Waals surface area contributed by atoms with Gasteiger partial charge in [-0.05, 0) is 45.3 Å². The lowest BCUT2D eigenvalue weighted by atomic mass is 10.1. The van der Waals surface area contributed by atoms with Crippen molar-refractivity contribution in [3.8, 4) is 0 Å². The van der Waals surface area contributed by atoms with Crippen LogP contribution in [0.5, 0.6) is 0 Å². The molecule has 21 heavy (non-hydrogen) atoms. The number of hydrogen-bond acceptors (Lipinski definition) is 4. The van der Waals surface area contributed by atoms with Crippen LogP contribution in [-0.2, 0) is 0 Å². The fourth-order valence-corrected chi connectivity index (χ4v) is 2.20. The summed E-state index contributed by atoms with van der Waals surface area (Å²) in [6.45, 7) is 1.46. The van der Waals surface area contributed by atoms with Crippen LogP contribution in [0.4, 0.5) is 0 Å². The lowest BCUT2D eigenvalue weighted by Gasteiger charge is -2.10. The molecule has 2 rings (SSSR count). The minimum Gasteiger partial charge on any atom is -0.352 e. The summed E-state index contributed by atoms with van der Waals surface area (Å²) in [5.41, 5.74) is 1.05. The Labute approximate surface area is 123 Å². The molecule has 1 heterocycles. The second kappa shape index (κ2) is 6.05. The maximum atomic E-state index is 12.0. The Kier molecular flexibility index (Phi) is 4.37. The Bertz CT molecular complexity index is 596. The summed E-state index contributed by atoms with van der Waals surface area (Å²) >= 11 is 0. The molecule has 1 aromatic carbocycles. The fourth-order valence-electron chi connectivity index (χ4n) is 2.20. The summed E-state index contributed by atoms with van der Waals surface area (Å²) < 4.78 is 0. The zero-order valence-electron chi connectivity index (χ0n) is 12.5. The Balaban J connectivity index is 2.04. The molecule has 6 nitrogen and oxygen atoms in total. The van der Waals surface area contributed by atoms with Gasteiger partial charge in [0.05, 0.1) is 11.1 Å². The Hall–Kier alpha value is -2.21. The van der Waals surface area contributed by atoms with Gasteiger partial charge in [0.1, 0.15) is 0 Å². The van der Waals surface area contributed by atoms with Gasteiger partial charge in [-0.3, -0.25) is 19.3 Å². The standard InChI is InChI=1S/C15H19N3O3/c1-17(2)8-4-7-16-13(19)10-5-6-11-12(9-10)15(21)18(3)14(11)20/h5-6,9H,4,7-8H2,1-3H3,(H,16,19). The van der Waals surface area contributed by atoms with Crippen LogP contribution in [0.2, 0.25) is 0 Å². The van der Waals surface area contributed by atoms with Crippen LogP contribution in [0, 0.1) is 0 Å². The molecule has 112 valence electrons. The molecular formula is C15H19N3O3. The molecule has 0 aliphatic carbocycles. The quantitative estimate of drug-likeness (QED) is 0.636. The van der Waals surface area contributed by atoms with Crippen LogP contribution in [-0.4, -0.2) is 61.8 Å². The van der Waals surface area contributed by atoms with E-state index < -0.39 is 0 Å². The van der Waals surface area contributed by atoms with E-state index in [1.54, 1.807) is 6.07 Å². The van der Waals surface area contributed by atoms with E-state index in [9.17, 15) is 14.4 Å². The third-order valence-corrected chi connectivity index (χ3v) is 3.42. The van der Waals surface area contributed by atoms with E-state index in [1.165, 1.54) is 19.2 Å². The topological polar surface area (TPSA) is 69.7 Å². The largest absolute Gasteiger partial charge is 0.352 e. The molecule has 1 aliphatic rings. The summed E-state index contributed by atoms with van der Waals surface area (Å²) in [6.07, 6.45) is 0.851. The number of imide groups is 1. The number of benzene rings is 1. The molecule has 0 unspecified atom stereocenters. The molecule has 3 amide bonds. The normalized spacial score (nSPS) is 13.8. The average molecular weight is 289 g/mol. The lowest BCUT2D eigenvalue weighted by molar-refractivity contribution is 0.0693. The second-order valence-corrected chi connectivity index (χ2v) is 5.34. The van der Waals surface area contributed by atoms with Gasteiger partial charge >= 0.3 is 0 Å². The number of nitrogens with one attached hydrogen (secondary N) is 1. The number of fused-ring (bicyclic) bond motifs is 1. The first-order valence-electron chi connectivity index (χ1n) is 6.81. The first-order valence-corrected chi connectivity index (χ1v) is 6.81. The van der Waals surface area contributed by atoms with Gasteiger partial charge in [0.15, 0.2) is 0 Å². The molecular weight excluding hydrogens is 270 g/mol. The van der Waals surface area contributed by atoms with E-state index in [0.717, 1.165) is 17.9 Å². The number of carbonyl (C=O) groups is 3. The third kappa shape index (κ3) is 3.11. The molecule has 6 heteroatoms. The Morgan fingerprint density at radius 3 is 2.52 bits per heavy atom. The van der Waals surface area contributed by atoms with E-state index in [-0.39, 0.29) is 17.7 Å². The number of nitrogens with zero attached hydrogens (tertiary/aromatic N) is 2. The second-order valence-electron chi connectivity index (χ2n) is 5.34.